The molecular formula is C22H19F5N2O3. The van der Waals surface area contributed by atoms with Crippen LogP contribution >= 0.6 is 0 Å². The SMILES string of the molecule is CC[C@@H]1C[C@](O)(C(F)(F)F)[C@@H](Nc2ccc(F)c3[nH]c(=O)ccc23)c2cc(F)cc(O)c21. The fourth-order valence-electron chi connectivity index (χ4n) is 4.48. The lowest BCUT2D eigenvalue weighted by Crippen LogP contribution is -2.55. The van der Waals surface area contributed by atoms with Crippen LogP contribution in [-0.4, -0.2) is 27.0 Å². The van der Waals surface area contributed by atoms with Gasteiger partial charge in [0.05, 0.1) is 11.6 Å². The van der Waals surface area contributed by atoms with E-state index < -0.39 is 53.1 Å². The van der Waals surface area contributed by atoms with Gasteiger partial charge in [0.1, 0.15) is 17.4 Å². The van der Waals surface area contributed by atoms with Gasteiger partial charge in [-0.3, -0.25) is 4.79 Å². The highest BCUT2D eigenvalue weighted by molar-refractivity contribution is 5.91. The minimum absolute atomic E-state index is 0.0185. The Kier molecular flexibility index (Phi) is 5.15. The second kappa shape index (κ2) is 7.47. The van der Waals surface area contributed by atoms with Gasteiger partial charge in [0.25, 0.3) is 0 Å². The van der Waals surface area contributed by atoms with Crippen LogP contribution in [0.1, 0.15) is 42.9 Å². The van der Waals surface area contributed by atoms with Gasteiger partial charge in [-0.15, -0.1) is 0 Å². The average molecular weight is 454 g/mol. The van der Waals surface area contributed by atoms with Gasteiger partial charge >= 0.3 is 6.18 Å². The van der Waals surface area contributed by atoms with Gasteiger partial charge in [-0.25, -0.2) is 8.78 Å². The van der Waals surface area contributed by atoms with Crippen LogP contribution in [0.2, 0.25) is 0 Å². The largest absolute Gasteiger partial charge is 0.508 e. The highest BCUT2D eigenvalue weighted by Crippen LogP contribution is 2.55. The van der Waals surface area contributed by atoms with Crippen molar-refractivity contribution in [1.29, 1.82) is 0 Å². The number of hydrogen-bond donors (Lipinski definition) is 4. The summed E-state index contributed by atoms with van der Waals surface area (Å²) in [6.07, 6.45) is -5.72. The molecule has 5 nitrogen and oxygen atoms in total. The number of aromatic nitrogens is 1. The van der Waals surface area contributed by atoms with Crippen LogP contribution in [0.5, 0.6) is 5.75 Å². The molecule has 1 aliphatic carbocycles. The van der Waals surface area contributed by atoms with Crippen LogP contribution in [0.4, 0.5) is 27.6 Å². The molecule has 0 bridgehead atoms. The Hall–Kier alpha value is -3.14. The third kappa shape index (κ3) is 3.38. The van der Waals surface area contributed by atoms with Crippen molar-refractivity contribution in [1.82, 2.24) is 4.98 Å². The number of rotatable bonds is 3. The third-order valence-corrected chi connectivity index (χ3v) is 6.04. The first kappa shape index (κ1) is 22.1. The number of aromatic amines is 1. The number of fused-ring (bicyclic) bond motifs is 2. The van der Waals surface area contributed by atoms with Crippen LogP contribution < -0.4 is 10.9 Å². The molecule has 0 radical (unpaired) electrons. The summed E-state index contributed by atoms with van der Waals surface area (Å²) in [6.45, 7) is 1.60. The average Bonchev–Trinajstić information content (AvgIpc) is 2.70. The highest BCUT2D eigenvalue weighted by Gasteiger charge is 2.62. The van der Waals surface area contributed by atoms with E-state index >= 15 is 0 Å². The predicted octanol–water partition coefficient (Wildman–Crippen LogP) is 4.86. The minimum Gasteiger partial charge on any atom is -0.508 e. The van der Waals surface area contributed by atoms with Gasteiger partial charge in [-0.05, 0) is 48.6 Å². The first-order valence-corrected chi connectivity index (χ1v) is 9.85. The Morgan fingerprint density at radius 2 is 1.91 bits per heavy atom. The van der Waals surface area contributed by atoms with Crippen LogP contribution in [-0.2, 0) is 0 Å². The Morgan fingerprint density at radius 3 is 2.56 bits per heavy atom. The van der Waals surface area contributed by atoms with Gasteiger partial charge in [0, 0.05) is 28.8 Å². The Balaban J connectivity index is 1.96. The lowest BCUT2D eigenvalue weighted by atomic mass is 9.69. The maximum Gasteiger partial charge on any atom is 0.419 e. The molecule has 0 fully saturated rings. The number of aromatic hydroxyl groups is 1. The molecule has 0 saturated carbocycles. The number of anilines is 1. The van der Waals surface area contributed by atoms with Crippen LogP contribution in [0.3, 0.4) is 0 Å². The summed E-state index contributed by atoms with van der Waals surface area (Å²) < 4.78 is 70.8. The molecule has 3 atom stereocenters. The van der Waals surface area contributed by atoms with E-state index in [1.54, 1.807) is 6.92 Å². The zero-order valence-corrected chi connectivity index (χ0v) is 16.7. The van der Waals surface area contributed by atoms with Crippen LogP contribution in [0.25, 0.3) is 10.9 Å². The summed E-state index contributed by atoms with van der Waals surface area (Å²) in [5.74, 6) is -3.15. The van der Waals surface area contributed by atoms with Crippen LogP contribution in [0, 0.1) is 11.6 Å². The molecule has 0 aliphatic heterocycles. The number of hydrogen-bond acceptors (Lipinski definition) is 4. The molecule has 1 heterocycles. The summed E-state index contributed by atoms with van der Waals surface area (Å²) >= 11 is 0. The lowest BCUT2D eigenvalue weighted by molar-refractivity contribution is -0.272. The number of pyridine rings is 1. The lowest BCUT2D eigenvalue weighted by Gasteiger charge is -2.45. The maximum atomic E-state index is 14.2. The molecule has 1 aliphatic rings. The first-order chi connectivity index (χ1) is 15.0. The quantitative estimate of drug-likeness (QED) is 0.426. The fraction of sp³-hybridized carbons (Fsp3) is 0.318. The Morgan fingerprint density at radius 1 is 1.19 bits per heavy atom. The molecule has 32 heavy (non-hydrogen) atoms. The molecular weight excluding hydrogens is 435 g/mol. The number of halogens is 5. The minimum atomic E-state index is -5.11. The van der Waals surface area contributed by atoms with Gasteiger partial charge < -0.3 is 20.5 Å². The van der Waals surface area contributed by atoms with Gasteiger partial charge in [-0.1, -0.05) is 6.92 Å². The molecule has 0 amide bonds. The van der Waals surface area contributed by atoms with E-state index in [-0.39, 0.29) is 34.1 Å². The van der Waals surface area contributed by atoms with E-state index in [0.29, 0.717) is 0 Å². The second-order valence-corrected chi connectivity index (χ2v) is 7.94. The molecule has 170 valence electrons. The van der Waals surface area contributed by atoms with E-state index in [4.69, 9.17) is 0 Å². The molecule has 0 unspecified atom stereocenters. The van der Waals surface area contributed by atoms with E-state index in [0.717, 1.165) is 30.3 Å². The highest BCUT2D eigenvalue weighted by atomic mass is 19.4. The van der Waals surface area contributed by atoms with Gasteiger partial charge in [0.2, 0.25) is 5.56 Å². The molecule has 10 heteroatoms. The summed E-state index contributed by atoms with van der Waals surface area (Å²) in [5.41, 5.74) is -4.31. The van der Waals surface area contributed by atoms with Crippen molar-refractivity contribution in [3.63, 3.8) is 0 Å². The first-order valence-electron chi connectivity index (χ1n) is 9.85. The second-order valence-electron chi connectivity index (χ2n) is 7.94. The smallest absolute Gasteiger partial charge is 0.419 e. The van der Waals surface area contributed by atoms with E-state index in [2.05, 4.69) is 10.3 Å². The topological polar surface area (TPSA) is 85.4 Å². The number of phenolic OH excluding ortho intramolecular Hbond substituents is 1. The van der Waals surface area contributed by atoms with Crippen molar-refractivity contribution < 1.29 is 32.2 Å². The summed E-state index contributed by atoms with van der Waals surface area (Å²) in [5, 5.41) is 23.9. The molecule has 0 saturated heterocycles. The molecule has 3 aromatic rings. The summed E-state index contributed by atoms with van der Waals surface area (Å²) in [4.78, 5) is 13.9. The monoisotopic (exact) mass is 454 g/mol. The maximum absolute atomic E-state index is 14.2. The van der Waals surface area contributed by atoms with Gasteiger partial charge in [0.15, 0.2) is 5.60 Å². The van der Waals surface area contributed by atoms with Crippen molar-refractivity contribution in [3.8, 4) is 5.75 Å². The number of phenols is 1. The number of aliphatic hydroxyl groups is 1. The van der Waals surface area contributed by atoms with Crippen molar-refractivity contribution in [2.24, 2.45) is 0 Å². The van der Waals surface area contributed by atoms with Crippen molar-refractivity contribution in [2.75, 3.05) is 5.32 Å². The number of H-pyrrole nitrogens is 1. The van der Waals surface area contributed by atoms with Crippen molar-refractivity contribution >= 4 is 16.6 Å². The normalized spacial score (nSPS) is 23.2. The van der Waals surface area contributed by atoms with E-state index in [1.807, 2.05) is 0 Å². The number of nitrogens with one attached hydrogen (secondary N) is 2. The third-order valence-electron chi connectivity index (χ3n) is 6.04. The number of benzene rings is 2. The summed E-state index contributed by atoms with van der Waals surface area (Å²) in [7, 11) is 0. The Bertz CT molecular complexity index is 1260. The predicted molar refractivity (Wildman–Crippen MR) is 108 cm³/mol. The fourth-order valence-corrected chi connectivity index (χ4v) is 4.48. The zero-order valence-electron chi connectivity index (χ0n) is 16.7. The van der Waals surface area contributed by atoms with Crippen molar-refractivity contribution in [3.05, 3.63) is 69.5 Å². The molecule has 4 N–H and O–H groups in total. The zero-order chi connectivity index (χ0) is 23.4. The van der Waals surface area contributed by atoms with Crippen molar-refractivity contribution in [2.45, 2.75) is 43.5 Å². The van der Waals surface area contributed by atoms with Gasteiger partial charge in [-0.2, -0.15) is 13.2 Å². The Labute approximate surface area is 178 Å². The number of alkyl halides is 3. The van der Waals surface area contributed by atoms with Crippen LogP contribution in [0.15, 0.2) is 41.2 Å². The molecule has 4 rings (SSSR count). The van der Waals surface area contributed by atoms with E-state index in [1.165, 1.54) is 6.07 Å². The molecule has 0 spiro atoms. The standard InChI is InChI=1S/C22H19F5N2O3/c1-2-10-9-21(32,22(25,26)27)20(13-7-11(23)8-16(30)18(10)13)28-15-5-4-14(24)19-12(15)3-6-17(31)29-19/h3-8,10,20,28,30,32H,2,9H2,1H3,(H,29,31)/t10-,20+,21-/m1/s1. The van der Waals surface area contributed by atoms with E-state index in [9.17, 15) is 37.0 Å². The molecule has 1 aromatic heterocycles. The molecule has 2 aromatic carbocycles. The summed E-state index contributed by atoms with van der Waals surface area (Å²) in [6, 6.07) is 4.17.